The van der Waals surface area contributed by atoms with Gasteiger partial charge in [-0.25, -0.2) is 0 Å². The molecule has 1 aliphatic heterocycles. The molecule has 0 saturated carbocycles. The summed E-state index contributed by atoms with van der Waals surface area (Å²) in [5.41, 5.74) is 13.8. The molecule has 0 amide bonds. The van der Waals surface area contributed by atoms with E-state index in [4.69, 9.17) is 0 Å². The topological polar surface area (TPSA) is 55.8 Å². The first-order valence-electron chi connectivity index (χ1n) is 18.0. The van der Waals surface area contributed by atoms with Crippen molar-refractivity contribution in [3.63, 3.8) is 0 Å². The number of hydrogen-bond acceptors (Lipinski definition) is 3. The van der Waals surface area contributed by atoms with Gasteiger partial charge in [0.15, 0.2) is 0 Å². The summed E-state index contributed by atoms with van der Waals surface area (Å²) < 4.78 is 2.34. The maximum Gasteiger partial charge on any atom is 0.0992 e. The van der Waals surface area contributed by atoms with E-state index in [0.717, 1.165) is 51.2 Å². The first-order valence-corrected chi connectivity index (χ1v) is 18.0. The van der Waals surface area contributed by atoms with Crippen molar-refractivity contribution in [3.8, 4) is 29.0 Å². The lowest BCUT2D eigenvalue weighted by Crippen LogP contribution is -2.14. The quantitative estimate of drug-likeness (QED) is 0.182. The zero-order chi connectivity index (χ0) is 35.7. The molecule has 4 heteroatoms. The fraction of sp³-hybridized carbons (Fsp3) is 0.0612. The third-order valence-electron chi connectivity index (χ3n) is 10.5. The first-order chi connectivity index (χ1) is 26.2. The largest absolute Gasteiger partial charge is 0.316 e. The lowest BCUT2D eigenvalue weighted by atomic mass is 9.78. The summed E-state index contributed by atoms with van der Waals surface area (Å²) in [6, 6.07) is 53.6. The van der Waals surface area contributed by atoms with Crippen molar-refractivity contribution < 1.29 is 0 Å². The van der Waals surface area contributed by atoms with Crippen LogP contribution in [0.4, 0.5) is 11.4 Å². The number of nitrogens with zero attached hydrogens (tertiary/aromatic N) is 4. The Morgan fingerprint density at radius 3 is 2.25 bits per heavy atom. The lowest BCUT2D eigenvalue weighted by molar-refractivity contribution is 0.876. The van der Waals surface area contributed by atoms with Gasteiger partial charge in [-0.1, -0.05) is 127 Å². The fourth-order valence-corrected chi connectivity index (χ4v) is 8.14. The van der Waals surface area contributed by atoms with Crippen LogP contribution in [-0.2, 0) is 6.42 Å². The van der Waals surface area contributed by atoms with Crippen molar-refractivity contribution in [2.45, 2.75) is 18.8 Å². The highest BCUT2D eigenvalue weighted by atomic mass is 15.1. The number of aromatic nitrogens is 1. The summed E-state index contributed by atoms with van der Waals surface area (Å²) in [6.45, 7) is 0. The molecule has 1 aliphatic carbocycles. The minimum atomic E-state index is 0.0730. The van der Waals surface area contributed by atoms with Crippen molar-refractivity contribution in [1.82, 2.24) is 4.57 Å². The fourth-order valence-electron chi connectivity index (χ4n) is 8.14. The molecule has 2 heterocycles. The summed E-state index contributed by atoms with van der Waals surface area (Å²) in [5, 5.41) is 22.1. The molecule has 0 bridgehead atoms. The van der Waals surface area contributed by atoms with Gasteiger partial charge in [0.05, 0.1) is 34.4 Å². The number of rotatable bonds is 5. The smallest absolute Gasteiger partial charge is 0.0992 e. The monoisotopic (exact) mass is 678 g/mol. The van der Waals surface area contributed by atoms with E-state index < -0.39 is 0 Å². The molecular weight excluding hydrogens is 645 g/mol. The Labute approximate surface area is 309 Å². The minimum absolute atomic E-state index is 0.0730. The summed E-state index contributed by atoms with van der Waals surface area (Å²) in [7, 11) is 0. The van der Waals surface area contributed by atoms with Crippen molar-refractivity contribution in [1.29, 1.82) is 10.5 Å². The van der Waals surface area contributed by atoms with Gasteiger partial charge < -0.3 is 9.47 Å². The van der Waals surface area contributed by atoms with Gasteiger partial charge in [0.2, 0.25) is 0 Å². The van der Waals surface area contributed by atoms with Gasteiger partial charge in [0, 0.05) is 45.4 Å². The van der Waals surface area contributed by atoms with Gasteiger partial charge in [-0.3, -0.25) is 0 Å². The molecule has 250 valence electrons. The van der Waals surface area contributed by atoms with E-state index in [1.54, 1.807) is 0 Å². The van der Waals surface area contributed by atoms with E-state index in [1.807, 2.05) is 42.6 Å². The van der Waals surface area contributed by atoms with E-state index in [9.17, 15) is 10.5 Å². The molecule has 0 N–H and O–H groups in total. The second-order valence-electron chi connectivity index (χ2n) is 13.5. The van der Waals surface area contributed by atoms with E-state index in [-0.39, 0.29) is 5.92 Å². The molecule has 1 unspecified atom stereocenters. The van der Waals surface area contributed by atoms with E-state index in [1.165, 1.54) is 27.5 Å². The van der Waals surface area contributed by atoms with Crippen LogP contribution in [0.2, 0.25) is 0 Å². The Balaban J connectivity index is 1.25. The summed E-state index contributed by atoms with van der Waals surface area (Å²) in [4.78, 5) is 2.23. The molecule has 1 atom stereocenters. The van der Waals surface area contributed by atoms with Gasteiger partial charge in [-0.15, -0.1) is 0 Å². The van der Waals surface area contributed by atoms with Gasteiger partial charge in [0.1, 0.15) is 0 Å². The van der Waals surface area contributed by atoms with Crippen LogP contribution >= 0.6 is 0 Å². The summed E-state index contributed by atoms with van der Waals surface area (Å²) in [6.07, 6.45) is 14.2. The lowest BCUT2D eigenvalue weighted by Gasteiger charge is -2.30. The van der Waals surface area contributed by atoms with Gasteiger partial charge in [-0.2, -0.15) is 10.5 Å². The number of anilines is 2. The van der Waals surface area contributed by atoms with Crippen LogP contribution < -0.4 is 4.90 Å². The molecule has 4 nitrogen and oxygen atoms in total. The standard InChI is InChI=1S/C49H34N4/c50-32-34-27-28-36-14-11-23-44(48(36)52(30-29-34)37-15-2-1-3-16-37)41-20-6-4-18-39(41)40-19-5-7-21-42(40)45-24-12-25-46-43-22-8-9-26-47(43)53(49(45)46)38-17-10-13-35(31-38)33-51/h1-20,22-27,29-31,42H,21,28H2. The van der Waals surface area contributed by atoms with Crippen LogP contribution in [0.1, 0.15) is 34.6 Å². The molecule has 7 aromatic rings. The molecule has 9 rings (SSSR count). The molecule has 6 aromatic carbocycles. The zero-order valence-electron chi connectivity index (χ0n) is 29.0. The predicted molar refractivity (Wildman–Crippen MR) is 217 cm³/mol. The second kappa shape index (κ2) is 13.5. The molecular formula is C49H34N4. The first kappa shape index (κ1) is 31.8. The Bertz CT molecular complexity index is 2760. The highest BCUT2D eigenvalue weighted by molar-refractivity contribution is 6.11. The molecule has 2 aliphatic rings. The molecule has 0 radical (unpaired) electrons. The maximum atomic E-state index is 9.84. The van der Waals surface area contributed by atoms with Crippen LogP contribution in [-0.4, -0.2) is 4.57 Å². The molecule has 0 fully saturated rings. The average molecular weight is 679 g/mol. The van der Waals surface area contributed by atoms with E-state index in [2.05, 4.69) is 155 Å². The van der Waals surface area contributed by atoms with Gasteiger partial charge in [-0.05, 0) is 83.1 Å². The zero-order valence-corrected chi connectivity index (χ0v) is 29.0. The molecule has 0 spiro atoms. The third-order valence-corrected chi connectivity index (χ3v) is 10.5. The van der Waals surface area contributed by atoms with Crippen LogP contribution in [0.15, 0.2) is 182 Å². The van der Waals surface area contributed by atoms with Crippen LogP contribution in [0.5, 0.6) is 0 Å². The number of fused-ring (bicyclic) bond motifs is 4. The van der Waals surface area contributed by atoms with Gasteiger partial charge >= 0.3 is 0 Å². The number of allylic oxidation sites excluding steroid dienone is 7. The van der Waals surface area contributed by atoms with Crippen molar-refractivity contribution >= 4 is 38.8 Å². The number of nitriles is 2. The number of benzene rings is 6. The predicted octanol–water partition coefficient (Wildman–Crippen LogP) is 12.1. The normalized spacial score (nSPS) is 15.2. The average Bonchev–Trinajstić information content (AvgIpc) is 3.56. The second-order valence-corrected chi connectivity index (χ2v) is 13.5. The molecule has 0 saturated heterocycles. The summed E-state index contributed by atoms with van der Waals surface area (Å²) >= 11 is 0. The SMILES string of the molecule is N#CC1=CCc2cccc(-c3ccccc3C3=CC=CCC3c3cccc4c5ccccc5n(-c5cccc(C#N)c5)c34)c2N(c2ccccc2)C=C1. The van der Waals surface area contributed by atoms with Crippen LogP contribution in [0, 0.1) is 22.7 Å². The molecule has 53 heavy (non-hydrogen) atoms. The van der Waals surface area contributed by atoms with Crippen molar-refractivity contribution in [2.24, 2.45) is 0 Å². The van der Waals surface area contributed by atoms with Crippen molar-refractivity contribution in [3.05, 3.63) is 204 Å². The highest BCUT2D eigenvalue weighted by Crippen LogP contribution is 2.48. The number of para-hydroxylation sites is 4. The van der Waals surface area contributed by atoms with Gasteiger partial charge in [0.25, 0.3) is 0 Å². The van der Waals surface area contributed by atoms with Crippen LogP contribution in [0.25, 0.3) is 44.2 Å². The maximum absolute atomic E-state index is 9.84. The van der Waals surface area contributed by atoms with Crippen molar-refractivity contribution in [2.75, 3.05) is 4.90 Å². The Hall–Kier alpha value is -7.14. The number of hydrogen-bond donors (Lipinski definition) is 0. The minimum Gasteiger partial charge on any atom is -0.316 e. The summed E-state index contributed by atoms with van der Waals surface area (Å²) in [5.74, 6) is 0.0730. The Kier molecular flexibility index (Phi) is 8.12. The molecule has 1 aromatic heterocycles. The van der Waals surface area contributed by atoms with E-state index >= 15 is 0 Å². The van der Waals surface area contributed by atoms with E-state index in [0.29, 0.717) is 17.6 Å². The Morgan fingerprint density at radius 2 is 1.38 bits per heavy atom. The van der Waals surface area contributed by atoms with Crippen LogP contribution in [0.3, 0.4) is 0 Å². The third kappa shape index (κ3) is 5.55. The Morgan fingerprint density at radius 1 is 0.642 bits per heavy atom. The highest BCUT2D eigenvalue weighted by Gasteiger charge is 2.27.